The number of nitrogens with one attached hydrogen (secondary N) is 1. The van der Waals surface area contributed by atoms with Crippen LogP contribution in [0.1, 0.15) is 25.3 Å². The Morgan fingerprint density at radius 1 is 1.33 bits per heavy atom. The van der Waals surface area contributed by atoms with Gasteiger partial charge < -0.3 is 15.0 Å². The first-order valence-electron chi connectivity index (χ1n) is 9.06. The molecule has 0 spiro atoms. The number of benzene rings is 1. The normalized spacial score (nSPS) is 16.8. The molecule has 1 atom stereocenters. The molecule has 8 heteroatoms. The Bertz CT molecular complexity index is 808. The number of carbonyl (C=O) groups is 2. The van der Waals surface area contributed by atoms with E-state index in [1.807, 2.05) is 24.3 Å². The third-order valence-corrected chi connectivity index (χ3v) is 4.93. The van der Waals surface area contributed by atoms with E-state index < -0.39 is 0 Å². The molecule has 2 amide bonds. The predicted octanol–water partition coefficient (Wildman–Crippen LogP) is 3.39. The van der Waals surface area contributed by atoms with Gasteiger partial charge in [-0.2, -0.15) is 5.10 Å². The fraction of sp³-hybridized carbons (Fsp3) is 0.421. The zero-order chi connectivity index (χ0) is 19.2. The Morgan fingerprint density at radius 3 is 2.93 bits per heavy atom. The van der Waals surface area contributed by atoms with Gasteiger partial charge in [-0.1, -0.05) is 29.8 Å². The standard InChI is InChI=1S/C19H23ClN4O3/c1-2-27-19(26)23-11-5-7-15(12-23)18(25)22-17-9-10-21-24(17)13-14-6-3-4-8-16(14)20/h3-4,6,8-10,15H,2,5,7,11-13H2,1H3,(H,22,25)/t15-/m0/s1. The first-order valence-corrected chi connectivity index (χ1v) is 9.44. The van der Waals surface area contributed by atoms with Crippen LogP contribution in [-0.4, -0.2) is 46.4 Å². The maximum atomic E-state index is 12.7. The molecule has 1 aliphatic rings. The van der Waals surface area contributed by atoms with Gasteiger partial charge in [0.25, 0.3) is 0 Å². The van der Waals surface area contributed by atoms with E-state index in [0.717, 1.165) is 18.4 Å². The van der Waals surface area contributed by atoms with Crippen LogP contribution < -0.4 is 5.32 Å². The summed E-state index contributed by atoms with van der Waals surface area (Å²) in [6, 6.07) is 9.28. The highest BCUT2D eigenvalue weighted by molar-refractivity contribution is 6.31. The molecule has 0 bridgehead atoms. The van der Waals surface area contributed by atoms with E-state index >= 15 is 0 Å². The molecule has 1 aromatic heterocycles. The molecule has 2 heterocycles. The van der Waals surface area contributed by atoms with Crippen molar-refractivity contribution in [3.05, 3.63) is 47.1 Å². The summed E-state index contributed by atoms with van der Waals surface area (Å²) < 4.78 is 6.74. The van der Waals surface area contributed by atoms with Gasteiger partial charge in [0.1, 0.15) is 5.82 Å². The highest BCUT2D eigenvalue weighted by atomic mass is 35.5. The molecule has 0 aliphatic carbocycles. The van der Waals surface area contributed by atoms with Gasteiger partial charge in [-0.3, -0.25) is 4.79 Å². The number of hydrogen-bond acceptors (Lipinski definition) is 4. The second-order valence-corrected chi connectivity index (χ2v) is 6.85. The molecule has 7 nitrogen and oxygen atoms in total. The van der Waals surface area contributed by atoms with Crippen LogP contribution in [0.3, 0.4) is 0 Å². The average molecular weight is 391 g/mol. The summed E-state index contributed by atoms with van der Waals surface area (Å²) in [5.74, 6) is 0.213. The van der Waals surface area contributed by atoms with Crippen molar-refractivity contribution in [3.8, 4) is 0 Å². The molecular formula is C19H23ClN4O3. The second kappa shape index (κ2) is 8.90. The van der Waals surface area contributed by atoms with Gasteiger partial charge in [-0.15, -0.1) is 0 Å². The lowest BCUT2D eigenvalue weighted by Crippen LogP contribution is -2.44. The summed E-state index contributed by atoms with van der Waals surface area (Å²) in [5, 5.41) is 7.86. The Balaban J connectivity index is 1.64. The second-order valence-electron chi connectivity index (χ2n) is 6.44. The molecule has 3 rings (SSSR count). The molecule has 1 saturated heterocycles. The predicted molar refractivity (Wildman–Crippen MR) is 103 cm³/mol. The van der Waals surface area contributed by atoms with Gasteiger partial charge in [0, 0.05) is 24.2 Å². The number of amides is 2. The smallest absolute Gasteiger partial charge is 0.409 e. The molecule has 144 valence electrons. The SMILES string of the molecule is CCOC(=O)N1CCC[C@H](C(=O)Nc2ccnn2Cc2ccccc2Cl)C1. The molecule has 1 fully saturated rings. The first kappa shape index (κ1) is 19.2. The molecule has 0 unspecified atom stereocenters. The molecule has 1 N–H and O–H groups in total. The van der Waals surface area contributed by atoms with E-state index in [9.17, 15) is 9.59 Å². The van der Waals surface area contributed by atoms with Crippen LogP contribution >= 0.6 is 11.6 Å². The number of anilines is 1. The Morgan fingerprint density at radius 2 is 2.15 bits per heavy atom. The van der Waals surface area contributed by atoms with Crippen LogP contribution in [0.25, 0.3) is 0 Å². The number of piperidine rings is 1. The summed E-state index contributed by atoms with van der Waals surface area (Å²) in [6.45, 7) is 3.54. The third kappa shape index (κ3) is 4.80. The minimum absolute atomic E-state index is 0.120. The lowest BCUT2D eigenvalue weighted by atomic mass is 9.97. The number of hydrogen-bond donors (Lipinski definition) is 1. The number of rotatable bonds is 5. The van der Waals surface area contributed by atoms with E-state index in [4.69, 9.17) is 16.3 Å². The first-order chi connectivity index (χ1) is 13.1. The van der Waals surface area contributed by atoms with Gasteiger partial charge in [-0.25, -0.2) is 9.48 Å². The van der Waals surface area contributed by atoms with Crippen LogP contribution in [0.4, 0.5) is 10.6 Å². The van der Waals surface area contributed by atoms with Crippen molar-refractivity contribution < 1.29 is 14.3 Å². The zero-order valence-electron chi connectivity index (χ0n) is 15.2. The number of halogens is 1. The van der Waals surface area contributed by atoms with E-state index in [-0.39, 0.29) is 17.9 Å². The van der Waals surface area contributed by atoms with Crippen molar-refractivity contribution in [2.45, 2.75) is 26.3 Å². The molecule has 0 saturated carbocycles. The summed E-state index contributed by atoms with van der Waals surface area (Å²) >= 11 is 6.21. The molecule has 27 heavy (non-hydrogen) atoms. The number of aromatic nitrogens is 2. The highest BCUT2D eigenvalue weighted by Crippen LogP contribution is 2.21. The van der Waals surface area contributed by atoms with Gasteiger partial charge in [0.05, 0.1) is 25.3 Å². The topological polar surface area (TPSA) is 76.5 Å². The molecular weight excluding hydrogens is 368 g/mol. The number of carbonyl (C=O) groups excluding carboxylic acids is 2. The minimum atomic E-state index is -0.362. The van der Waals surface area contributed by atoms with E-state index in [1.54, 1.807) is 28.8 Å². The molecule has 0 radical (unpaired) electrons. The van der Waals surface area contributed by atoms with Gasteiger partial charge >= 0.3 is 6.09 Å². The maximum absolute atomic E-state index is 12.7. The summed E-state index contributed by atoms with van der Waals surface area (Å²) in [7, 11) is 0. The Kier molecular flexibility index (Phi) is 6.34. The van der Waals surface area contributed by atoms with Crippen LogP contribution in [0.5, 0.6) is 0 Å². The number of ether oxygens (including phenoxy) is 1. The monoisotopic (exact) mass is 390 g/mol. The molecule has 1 aromatic carbocycles. The zero-order valence-corrected chi connectivity index (χ0v) is 16.0. The van der Waals surface area contributed by atoms with Crippen molar-refractivity contribution in [1.29, 1.82) is 0 Å². The summed E-state index contributed by atoms with van der Waals surface area (Å²) in [6.07, 6.45) is 2.78. The van der Waals surface area contributed by atoms with Crippen molar-refractivity contribution in [3.63, 3.8) is 0 Å². The van der Waals surface area contributed by atoms with Gasteiger partial charge in [0.15, 0.2) is 0 Å². The fourth-order valence-corrected chi connectivity index (χ4v) is 3.35. The third-order valence-electron chi connectivity index (χ3n) is 4.56. The lowest BCUT2D eigenvalue weighted by Gasteiger charge is -2.31. The van der Waals surface area contributed by atoms with Crippen LogP contribution in [0, 0.1) is 5.92 Å². The quantitative estimate of drug-likeness (QED) is 0.848. The van der Waals surface area contributed by atoms with Crippen molar-refractivity contribution in [2.24, 2.45) is 5.92 Å². The van der Waals surface area contributed by atoms with E-state index in [0.29, 0.717) is 37.1 Å². The maximum Gasteiger partial charge on any atom is 0.409 e. The average Bonchev–Trinajstić information content (AvgIpc) is 3.10. The van der Waals surface area contributed by atoms with Gasteiger partial charge in [0.2, 0.25) is 5.91 Å². The molecule has 2 aromatic rings. The minimum Gasteiger partial charge on any atom is -0.450 e. The number of nitrogens with zero attached hydrogens (tertiary/aromatic N) is 3. The van der Waals surface area contributed by atoms with Crippen LogP contribution in [0.2, 0.25) is 5.02 Å². The fourth-order valence-electron chi connectivity index (χ4n) is 3.15. The van der Waals surface area contributed by atoms with Crippen LogP contribution in [0.15, 0.2) is 36.5 Å². The Labute approximate surface area is 163 Å². The largest absolute Gasteiger partial charge is 0.450 e. The van der Waals surface area contributed by atoms with Crippen molar-refractivity contribution in [2.75, 3.05) is 25.0 Å². The highest BCUT2D eigenvalue weighted by Gasteiger charge is 2.29. The Hall–Kier alpha value is -2.54. The summed E-state index contributed by atoms with van der Waals surface area (Å²) in [4.78, 5) is 26.2. The number of likely N-dealkylation sites (tertiary alicyclic amines) is 1. The van der Waals surface area contributed by atoms with Crippen molar-refractivity contribution >= 4 is 29.4 Å². The van der Waals surface area contributed by atoms with E-state index in [1.165, 1.54) is 0 Å². The molecule has 1 aliphatic heterocycles. The summed E-state index contributed by atoms with van der Waals surface area (Å²) in [5.41, 5.74) is 0.921. The van der Waals surface area contributed by atoms with Crippen LogP contribution in [-0.2, 0) is 16.1 Å². The van der Waals surface area contributed by atoms with Gasteiger partial charge in [-0.05, 0) is 31.4 Å². The van der Waals surface area contributed by atoms with Crippen molar-refractivity contribution in [1.82, 2.24) is 14.7 Å². The lowest BCUT2D eigenvalue weighted by molar-refractivity contribution is -0.121. The van der Waals surface area contributed by atoms with E-state index in [2.05, 4.69) is 10.4 Å².